The normalized spacial score (nSPS) is 13.0. The molecule has 4 nitrogen and oxygen atoms in total. The van der Waals surface area contributed by atoms with Gasteiger partial charge in [-0.2, -0.15) is 0 Å². The summed E-state index contributed by atoms with van der Waals surface area (Å²) >= 11 is 8.14. The van der Waals surface area contributed by atoms with Crippen molar-refractivity contribution in [2.45, 2.75) is 16.9 Å². The van der Waals surface area contributed by atoms with E-state index >= 15 is 0 Å². The van der Waals surface area contributed by atoms with Gasteiger partial charge in [-0.1, -0.05) is 54.1 Å². The Morgan fingerprint density at radius 3 is 2.28 bits per heavy atom. The third-order valence-corrected chi connectivity index (χ3v) is 5.39. The van der Waals surface area contributed by atoms with Gasteiger partial charge in [0.2, 0.25) is 0 Å². The first-order chi connectivity index (χ1) is 11.9. The summed E-state index contributed by atoms with van der Waals surface area (Å²) in [6, 6.07) is 16.3. The zero-order valence-electron chi connectivity index (χ0n) is 14.0. The van der Waals surface area contributed by atoms with Gasteiger partial charge in [0.15, 0.2) is 5.78 Å². The maximum absolute atomic E-state index is 12.4. The van der Waals surface area contributed by atoms with Crippen molar-refractivity contribution in [2.75, 3.05) is 13.7 Å². The fourth-order valence-electron chi connectivity index (χ4n) is 2.47. The Balaban J connectivity index is 2.19. The van der Waals surface area contributed by atoms with Crippen LogP contribution in [0.4, 0.5) is 4.79 Å². The minimum Gasteiger partial charge on any atom is -0.453 e. The predicted molar refractivity (Wildman–Crippen MR) is 107 cm³/mol. The zero-order valence-corrected chi connectivity index (χ0v) is 17.0. The summed E-state index contributed by atoms with van der Waals surface area (Å²) in [6.45, 7) is 2.16. The van der Waals surface area contributed by atoms with E-state index in [-0.39, 0.29) is 18.7 Å². The smallest absolute Gasteiger partial charge is 0.410 e. The molecule has 0 aliphatic heterocycles. The third-order valence-electron chi connectivity index (χ3n) is 3.93. The maximum Gasteiger partial charge on any atom is 0.410 e. The van der Waals surface area contributed by atoms with Crippen molar-refractivity contribution in [3.8, 4) is 0 Å². The molecular formula is C19H19ClINO3. The first-order valence-corrected chi connectivity index (χ1v) is 9.20. The van der Waals surface area contributed by atoms with E-state index in [1.54, 1.807) is 29.2 Å². The summed E-state index contributed by atoms with van der Waals surface area (Å²) in [5.74, 6) is -0.0159. The van der Waals surface area contributed by atoms with E-state index in [2.05, 4.69) is 22.6 Å². The number of alkyl halides is 1. The Morgan fingerprint density at radius 1 is 1.12 bits per heavy atom. The molecule has 0 aliphatic carbocycles. The van der Waals surface area contributed by atoms with Crippen molar-refractivity contribution in [1.82, 2.24) is 4.90 Å². The second-order valence-electron chi connectivity index (χ2n) is 5.62. The Labute approximate surface area is 166 Å². The number of halogens is 2. The number of rotatable bonds is 6. The van der Waals surface area contributed by atoms with Gasteiger partial charge in [0.1, 0.15) is 3.55 Å². The summed E-state index contributed by atoms with van der Waals surface area (Å²) in [7, 11) is 1.34. The van der Waals surface area contributed by atoms with Crippen molar-refractivity contribution >= 4 is 46.1 Å². The highest BCUT2D eigenvalue weighted by Crippen LogP contribution is 2.36. The monoisotopic (exact) mass is 471 g/mol. The number of benzene rings is 2. The number of carbonyl (C=O) groups is 2. The molecule has 2 aromatic rings. The summed E-state index contributed by atoms with van der Waals surface area (Å²) < 4.78 is 4.25. The number of carbonyl (C=O) groups excluding carboxylic acids is 2. The Kier molecular flexibility index (Phi) is 6.84. The molecule has 0 radical (unpaired) electrons. The summed E-state index contributed by atoms with van der Waals surface area (Å²) in [6.07, 6.45) is -0.265. The molecule has 0 fully saturated rings. The molecule has 2 aromatic carbocycles. The van der Waals surface area contributed by atoms with Gasteiger partial charge in [0.25, 0.3) is 0 Å². The average Bonchev–Trinajstić information content (AvgIpc) is 2.62. The van der Waals surface area contributed by atoms with Crippen LogP contribution in [0.2, 0.25) is 5.02 Å². The van der Waals surface area contributed by atoms with E-state index in [1.807, 2.05) is 37.3 Å². The highest BCUT2D eigenvalue weighted by molar-refractivity contribution is 14.1. The lowest BCUT2D eigenvalue weighted by Crippen LogP contribution is -2.44. The van der Waals surface area contributed by atoms with Gasteiger partial charge in [0.05, 0.1) is 7.11 Å². The fourth-order valence-corrected chi connectivity index (χ4v) is 3.40. The van der Waals surface area contributed by atoms with Gasteiger partial charge in [0, 0.05) is 23.6 Å². The van der Waals surface area contributed by atoms with Crippen LogP contribution in [-0.2, 0) is 8.28 Å². The van der Waals surface area contributed by atoms with Crippen LogP contribution in [0.25, 0.3) is 0 Å². The van der Waals surface area contributed by atoms with Gasteiger partial charge >= 0.3 is 6.09 Å². The minimum absolute atomic E-state index is 0.0159. The van der Waals surface area contributed by atoms with Crippen molar-refractivity contribution in [1.29, 1.82) is 0 Å². The molecule has 0 saturated heterocycles. The van der Waals surface area contributed by atoms with Gasteiger partial charge in [-0.3, -0.25) is 9.69 Å². The molecular weight excluding hydrogens is 453 g/mol. The van der Waals surface area contributed by atoms with E-state index in [4.69, 9.17) is 16.3 Å². The number of methoxy groups -OCH3 is 1. The minimum atomic E-state index is -0.674. The van der Waals surface area contributed by atoms with Crippen LogP contribution in [0.3, 0.4) is 0 Å². The first-order valence-electron chi connectivity index (χ1n) is 7.75. The average molecular weight is 472 g/mol. The van der Waals surface area contributed by atoms with Crippen LogP contribution < -0.4 is 0 Å². The number of nitrogens with zero attached hydrogens (tertiary/aromatic N) is 1. The molecule has 25 heavy (non-hydrogen) atoms. The molecule has 0 aromatic heterocycles. The van der Waals surface area contributed by atoms with Gasteiger partial charge < -0.3 is 4.74 Å². The van der Waals surface area contributed by atoms with Gasteiger partial charge in [-0.15, -0.1) is 0 Å². The van der Waals surface area contributed by atoms with Crippen molar-refractivity contribution < 1.29 is 14.3 Å². The molecule has 0 N–H and O–H groups in total. The second-order valence-corrected chi connectivity index (χ2v) is 8.16. The highest BCUT2D eigenvalue weighted by Gasteiger charge is 2.35. The largest absolute Gasteiger partial charge is 0.453 e. The molecule has 0 bridgehead atoms. The van der Waals surface area contributed by atoms with E-state index in [1.165, 1.54) is 7.11 Å². The van der Waals surface area contributed by atoms with Crippen LogP contribution in [0.1, 0.15) is 29.3 Å². The molecule has 0 spiro atoms. The van der Waals surface area contributed by atoms with Crippen molar-refractivity contribution in [3.05, 3.63) is 70.7 Å². The number of hydrogen-bond acceptors (Lipinski definition) is 3. The number of hydrogen-bond donors (Lipinski definition) is 0. The van der Waals surface area contributed by atoms with E-state index in [0.29, 0.717) is 10.6 Å². The topological polar surface area (TPSA) is 46.6 Å². The number of amides is 1. The van der Waals surface area contributed by atoms with Crippen LogP contribution >= 0.6 is 34.2 Å². The molecule has 6 heteroatoms. The SMILES string of the molecule is COC(=O)N(CCC(=O)c1ccccc1)[C@@](C)(I)c1ccc(Cl)cc1. The number of ketones is 1. The maximum atomic E-state index is 12.4. The van der Waals surface area contributed by atoms with E-state index in [0.717, 1.165) is 5.56 Å². The molecule has 0 unspecified atom stereocenters. The Bertz CT molecular complexity index is 732. The highest BCUT2D eigenvalue weighted by atomic mass is 127. The number of Topliss-reactive ketones (excluding diaryl/α,β-unsaturated/α-hetero) is 1. The molecule has 0 heterocycles. The predicted octanol–water partition coefficient (Wildman–Crippen LogP) is 5.29. The van der Waals surface area contributed by atoms with Crippen molar-refractivity contribution in [3.63, 3.8) is 0 Å². The van der Waals surface area contributed by atoms with Gasteiger partial charge in [-0.05, 0) is 47.2 Å². The van der Waals surface area contributed by atoms with E-state index in [9.17, 15) is 9.59 Å². The molecule has 1 amide bonds. The number of ether oxygens (including phenoxy) is 1. The van der Waals surface area contributed by atoms with Crippen LogP contribution in [0, 0.1) is 0 Å². The molecule has 132 valence electrons. The second kappa shape index (κ2) is 8.67. The van der Waals surface area contributed by atoms with Gasteiger partial charge in [-0.25, -0.2) is 4.79 Å². The summed E-state index contributed by atoms with van der Waals surface area (Å²) in [4.78, 5) is 26.2. The Hall–Kier alpha value is -1.60. The molecule has 0 aliphatic rings. The van der Waals surface area contributed by atoms with Crippen LogP contribution in [-0.4, -0.2) is 30.4 Å². The molecule has 1 atom stereocenters. The quantitative estimate of drug-likeness (QED) is 0.249. The summed E-state index contributed by atoms with van der Waals surface area (Å²) in [5, 5.41) is 0.625. The van der Waals surface area contributed by atoms with Crippen LogP contribution in [0.5, 0.6) is 0 Å². The van der Waals surface area contributed by atoms with Crippen molar-refractivity contribution in [2.24, 2.45) is 0 Å². The summed E-state index contributed by atoms with van der Waals surface area (Å²) in [5.41, 5.74) is 1.53. The fraction of sp³-hybridized carbons (Fsp3) is 0.263. The van der Waals surface area contributed by atoms with Crippen LogP contribution in [0.15, 0.2) is 54.6 Å². The first kappa shape index (κ1) is 19.7. The van der Waals surface area contributed by atoms with E-state index < -0.39 is 9.64 Å². The lowest BCUT2D eigenvalue weighted by Gasteiger charge is -2.36. The molecule has 2 rings (SSSR count). The zero-order chi connectivity index (χ0) is 18.4. The Morgan fingerprint density at radius 2 is 1.72 bits per heavy atom. The molecule has 0 saturated carbocycles. The standard InChI is InChI=1S/C19H19ClINO3/c1-19(21,15-8-10-16(20)11-9-15)22(18(24)25-2)13-12-17(23)14-6-4-3-5-7-14/h3-11H,12-13H2,1-2H3/t19-/m1/s1. The lowest BCUT2D eigenvalue weighted by atomic mass is 10.1. The lowest BCUT2D eigenvalue weighted by molar-refractivity contribution is 0.0896. The third kappa shape index (κ3) is 4.95.